The largest absolute Gasteiger partial charge is 0.466 e. The minimum absolute atomic E-state index is 0.150. The van der Waals surface area contributed by atoms with Crippen LogP contribution in [0.1, 0.15) is 38.5 Å². The predicted molar refractivity (Wildman–Crippen MR) is 71.0 cm³/mol. The van der Waals surface area contributed by atoms with E-state index in [1.54, 1.807) is 6.26 Å². The molecule has 1 heterocycles. The summed E-state index contributed by atoms with van der Waals surface area (Å²) in [6.07, 6.45) is 4.48. The second kappa shape index (κ2) is 6.03. The molecule has 1 aliphatic rings. The molecule has 2 unspecified atom stereocenters. The molecule has 1 fully saturated rings. The van der Waals surface area contributed by atoms with Crippen LogP contribution in [0.15, 0.2) is 21.2 Å². The maximum absolute atomic E-state index is 5.92. The fourth-order valence-corrected chi connectivity index (χ4v) is 2.67. The molecule has 0 saturated heterocycles. The lowest BCUT2D eigenvalue weighted by Gasteiger charge is -2.26. The summed E-state index contributed by atoms with van der Waals surface area (Å²) in [7, 11) is 0. The van der Waals surface area contributed by atoms with Crippen LogP contribution in [0.2, 0.25) is 0 Å². The quantitative estimate of drug-likeness (QED) is 0.837. The highest BCUT2D eigenvalue weighted by molar-refractivity contribution is 9.10. The number of ether oxygens (including phenoxy) is 1. The maximum Gasteiger partial charge on any atom is 0.137 e. The van der Waals surface area contributed by atoms with Crippen LogP contribution in [0.4, 0.5) is 0 Å². The van der Waals surface area contributed by atoms with Crippen LogP contribution in [0.5, 0.6) is 0 Å². The van der Waals surface area contributed by atoms with E-state index >= 15 is 0 Å². The highest BCUT2D eigenvalue weighted by atomic mass is 79.9. The molecule has 1 N–H and O–H groups in total. The fraction of sp³-hybridized carbons (Fsp3) is 0.692. The topological polar surface area (TPSA) is 34.4 Å². The van der Waals surface area contributed by atoms with Gasteiger partial charge in [-0.2, -0.15) is 0 Å². The van der Waals surface area contributed by atoms with Crippen molar-refractivity contribution in [3.8, 4) is 0 Å². The van der Waals surface area contributed by atoms with Crippen molar-refractivity contribution in [2.75, 3.05) is 13.2 Å². The molecule has 0 amide bonds. The summed E-state index contributed by atoms with van der Waals surface area (Å²) in [5.41, 5.74) is 0. The number of hydrogen-bond acceptors (Lipinski definition) is 3. The van der Waals surface area contributed by atoms with Gasteiger partial charge in [0.15, 0.2) is 0 Å². The van der Waals surface area contributed by atoms with Gasteiger partial charge >= 0.3 is 0 Å². The zero-order chi connectivity index (χ0) is 12.3. The number of nitrogens with one attached hydrogen (secondary N) is 1. The Morgan fingerprint density at radius 2 is 2.29 bits per heavy atom. The van der Waals surface area contributed by atoms with Gasteiger partial charge in [-0.15, -0.1) is 0 Å². The van der Waals surface area contributed by atoms with Gasteiger partial charge in [0, 0.05) is 6.61 Å². The molecular weight excluding hydrogens is 282 g/mol. The summed E-state index contributed by atoms with van der Waals surface area (Å²) in [5, 5.41) is 3.48. The Kier molecular flexibility index (Phi) is 4.65. The van der Waals surface area contributed by atoms with Crippen molar-refractivity contribution in [1.82, 2.24) is 5.32 Å². The third-order valence-electron chi connectivity index (χ3n) is 3.13. The molecule has 0 aliphatic heterocycles. The van der Waals surface area contributed by atoms with Crippen LogP contribution in [0.3, 0.4) is 0 Å². The van der Waals surface area contributed by atoms with E-state index in [2.05, 4.69) is 35.1 Å². The zero-order valence-electron chi connectivity index (χ0n) is 10.4. The predicted octanol–water partition coefficient (Wildman–Crippen LogP) is 3.51. The van der Waals surface area contributed by atoms with Crippen LogP contribution in [-0.2, 0) is 4.74 Å². The highest BCUT2D eigenvalue weighted by Gasteiger charge is 2.39. The Bertz CT molecular complexity index is 349. The summed E-state index contributed by atoms with van der Waals surface area (Å²) in [6.45, 7) is 5.82. The summed E-state index contributed by atoms with van der Waals surface area (Å²) in [5.74, 6) is 1.63. The molecular formula is C13H20BrNO2. The first kappa shape index (κ1) is 13.1. The molecule has 4 heteroatoms. The van der Waals surface area contributed by atoms with Crippen molar-refractivity contribution >= 4 is 15.9 Å². The van der Waals surface area contributed by atoms with Gasteiger partial charge in [-0.05, 0) is 54.2 Å². The molecule has 3 nitrogen and oxygen atoms in total. The second-order valence-electron chi connectivity index (χ2n) is 4.43. The lowest BCUT2D eigenvalue weighted by Crippen LogP contribution is -2.35. The highest BCUT2D eigenvalue weighted by Crippen LogP contribution is 2.41. The van der Waals surface area contributed by atoms with Crippen LogP contribution < -0.4 is 5.32 Å². The lowest BCUT2D eigenvalue weighted by atomic mass is 10.0. The Hall–Kier alpha value is -0.320. The van der Waals surface area contributed by atoms with Gasteiger partial charge in [0.05, 0.1) is 22.9 Å². The lowest BCUT2D eigenvalue weighted by molar-refractivity contribution is 0.0134. The van der Waals surface area contributed by atoms with E-state index in [9.17, 15) is 0 Å². The van der Waals surface area contributed by atoms with E-state index in [0.717, 1.165) is 23.4 Å². The standard InChI is InChI=1S/C13H20BrNO2/c1-3-15-11(13-10(14)7-8-17-13)12(16-4-2)9-5-6-9/h7-9,11-12,15H,3-6H2,1-2H3. The number of halogens is 1. The van der Waals surface area contributed by atoms with Crippen molar-refractivity contribution in [2.45, 2.75) is 38.8 Å². The van der Waals surface area contributed by atoms with Crippen molar-refractivity contribution in [2.24, 2.45) is 5.92 Å². The monoisotopic (exact) mass is 301 g/mol. The number of likely N-dealkylation sites (N-methyl/N-ethyl adjacent to an activating group) is 1. The Labute approximate surface area is 111 Å². The summed E-state index contributed by atoms with van der Waals surface area (Å²) in [4.78, 5) is 0. The SMILES string of the molecule is CCNC(c1occc1Br)C(OCC)C1CC1. The zero-order valence-corrected chi connectivity index (χ0v) is 12.0. The molecule has 1 aromatic heterocycles. The van der Waals surface area contributed by atoms with Crippen LogP contribution in [0, 0.1) is 5.92 Å². The summed E-state index contributed by atoms with van der Waals surface area (Å²) < 4.78 is 12.5. The van der Waals surface area contributed by atoms with Crippen molar-refractivity contribution in [3.63, 3.8) is 0 Å². The Morgan fingerprint density at radius 3 is 2.76 bits per heavy atom. The van der Waals surface area contributed by atoms with Gasteiger partial charge in [0.1, 0.15) is 5.76 Å². The van der Waals surface area contributed by atoms with Crippen molar-refractivity contribution < 1.29 is 9.15 Å². The first-order chi connectivity index (χ1) is 8.27. The van der Waals surface area contributed by atoms with Gasteiger partial charge < -0.3 is 14.5 Å². The van der Waals surface area contributed by atoms with Gasteiger partial charge in [0.25, 0.3) is 0 Å². The molecule has 1 aliphatic carbocycles. The first-order valence-corrected chi connectivity index (χ1v) is 7.15. The van der Waals surface area contributed by atoms with E-state index in [1.165, 1.54) is 12.8 Å². The minimum Gasteiger partial charge on any atom is -0.466 e. The molecule has 2 atom stereocenters. The molecule has 1 aromatic rings. The van der Waals surface area contributed by atoms with Gasteiger partial charge in [-0.25, -0.2) is 0 Å². The average Bonchev–Trinajstić information content (AvgIpc) is 3.07. The Balaban J connectivity index is 2.17. The third kappa shape index (κ3) is 3.12. The summed E-state index contributed by atoms with van der Waals surface area (Å²) >= 11 is 3.54. The molecule has 0 bridgehead atoms. The third-order valence-corrected chi connectivity index (χ3v) is 3.78. The van der Waals surface area contributed by atoms with E-state index in [0.29, 0.717) is 5.92 Å². The first-order valence-electron chi connectivity index (χ1n) is 6.35. The summed E-state index contributed by atoms with van der Waals surface area (Å²) in [6, 6.07) is 2.09. The number of hydrogen-bond donors (Lipinski definition) is 1. The van der Waals surface area contributed by atoms with Crippen molar-refractivity contribution in [1.29, 1.82) is 0 Å². The molecule has 0 radical (unpaired) electrons. The smallest absolute Gasteiger partial charge is 0.137 e. The Morgan fingerprint density at radius 1 is 1.53 bits per heavy atom. The fourth-order valence-electron chi connectivity index (χ4n) is 2.23. The second-order valence-corrected chi connectivity index (χ2v) is 5.28. The molecule has 0 aromatic carbocycles. The van der Waals surface area contributed by atoms with E-state index in [-0.39, 0.29) is 12.1 Å². The average molecular weight is 302 g/mol. The molecule has 1 saturated carbocycles. The molecule has 2 rings (SSSR count). The number of furan rings is 1. The maximum atomic E-state index is 5.92. The van der Waals surface area contributed by atoms with Crippen LogP contribution in [-0.4, -0.2) is 19.3 Å². The van der Waals surface area contributed by atoms with Gasteiger partial charge in [0.2, 0.25) is 0 Å². The molecule has 0 spiro atoms. The van der Waals surface area contributed by atoms with E-state index < -0.39 is 0 Å². The van der Waals surface area contributed by atoms with Crippen molar-refractivity contribution in [3.05, 3.63) is 22.6 Å². The van der Waals surface area contributed by atoms with Gasteiger partial charge in [-0.1, -0.05) is 6.92 Å². The normalized spacial score (nSPS) is 19.2. The van der Waals surface area contributed by atoms with Crippen LogP contribution >= 0.6 is 15.9 Å². The van der Waals surface area contributed by atoms with E-state index in [1.807, 2.05) is 6.07 Å². The van der Waals surface area contributed by atoms with Gasteiger partial charge in [-0.3, -0.25) is 0 Å². The number of rotatable bonds is 7. The molecule has 17 heavy (non-hydrogen) atoms. The van der Waals surface area contributed by atoms with Crippen LogP contribution in [0.25, 0.3) is 0 Å². The minimum atomic E-state index is 0.150. The van der Waals surface area contributed by atoms with E-state index in [4.69, 9.17) is 9.15 Å². The molecule has 96 valence electrons.